The Kier molecular flexibility index (Phi) is 3.88. The summed E-state index contributed by atoms with van der Waals surface area (Å²) in [7, 11) is -1.94. The van der Waals surface area contributed by atoms with Gasteiger partial charge in [0.15, 0.2) is 8.32 Å². The predicted molar refractivity (Wildman–Crippen MR) is 87.8 cm³/mol. The first-order valence-electron chi connectivity index (χ1n) is 7.96. The first-order valence-corrected chi connectivity index (χ1v) is 10.9. The van der Waals surface area contributed by atoms with Crippen LogP contribution in [-0.2, 0) is 4.43 Å². The summed E-state index contributed by atoms with van der Waals surface area (Å²) in [5, 5.41) is 30.9. The molecule has 5 nitrogen and oxygen atoms in total. The van der Waals surface area contributed by atoms with Crippen molar-refractivity contribution in [3.05, 3.63) is 0 Å². The van der Waals surface area contributed by atoms with Crippen LogP contribution in [0.3, 0.4) is 0 Å². The molecule has 2 rings (SSSR count). The van der Waals surface area contributed by atoms with Gasteiger partial charge in [0.1, 0.15) is 11.2 Å². The van der Waals surface area contributed by atoms with E-state index in [-0.39, 0.29) is 17.6 Å². The molecule has 2 N–H and O–H groups in total. The fourth-order valence-electron chi connectivity index (χ4n) is 3.62. The highest BCUT2D eigenvalue weighted by molar-refractivity contribution is 6.74. The summed E-state index contributed by atoms with van der Waals surface area (Å²) in [5.74, 6) is 0. The Morgan fingerprint density at radius 2 is 1.86 bits per heavy atom. The fourth-order valence-corrected chi connectivity index (χ4v) is 4.63. The van der Waals surface area contributed by atoms with E-state index in [1.807, 2.05) is 18.7 Å². The van der Waals surface area contributed by atoms with Crippen molar-refractivity contribution in [2.45, 2.75) is 70.0 Å². The molecule has 3 atom stereocenters. The smallest absolute Gasteiger partial charge is 0.192 e. The maximum Gasteiger partial charge on any atom is 0.192 e. The van der Waals surface area contributed by atoms with Crippen molar-refractivity contribution >= 4 is 8.32 Å². The van der Waals surface area contributed by atoms with Gasteiger partial charge in [-0.3, -0.25) is 4.90 Å². The lowest BCUT2D eigenvalue weighted by atomic mass is 9.98. The quantitative estimate of drug-likeness (QED) is 0.607. The van der Waals surface area contributed by atoms with Crippen LogP contribution in [0.2, 0.25) is 18.1 Å². The Morgan fingerprint density at radius 3 is 2.32 bits per heavy atom. The third-order valence-corrected chi connectivity index (χ3v) is 11.1. The molecule has 126 valence electrons. The average Bonchev–Trinajstić information content (AvgIpc) is 2.59. The second-order valence-electron chi connectivity index (χ2n) is 8.90. The van der Waals surface area contributed by atoms with E-state index in [0.717, 1.165) is 0 Å². The van der Waals surface area contributed by atoms with Gasteiger partial charge in [0.2, 0.25) is 0 Å². The van der Waals surface area contributed by atoms with E-state index in [2.05, 4.69) is 39.9 Å². The zero-order valence-electron chi connectivity index (χ0n) is 14.9. The lowest BCUT2D eigenvalue weighted by Gasteiger charge is -2.39. The van der Waals surface area contributed by atoms with Gasteiger partial charge in [-0.1, -0.05) is 34.6 Å². The second kappa shape index (κ2) is 4.78. The minimum absolute atomic E-state index is 0.0870. The minimum Gasteiger partial charge on any atom is -0.415 e. The Labute approximate surface area is 135 Å². The molecule has 1 heterocycles. The van der Waals surface area contributed by atoms with Gasteiger partial charge in [-0.25, -0.2) is 0 Å². The van der Waals surface area contributed by atoms with Gasteiger partial charge in [0.25, 0.3) is 0 Å². The summed E-state index contributed by atoms with van der Waals surface area (Å²) < 4.78 is 6.27. The van der Waals surface area contributed by atoms with Gasteiger partial charge < -0.3 is 14.6 Å². The monoisotopic (exact) mass is 326 g/mol. The highest BCUT2D eigenvalue weighted by atomic mass is 28.4. The average molecular weight is 327 g/mol. The molecule has 0 spiro atoms. The number of β-amino-alcohol motifs (C(OH)–C–C–N with tert-alkyl or cyclic N) is 1. The number of likely N-dealkylation sites (tertiary alicyclic amines) is 1. The summed E-state index contributed by atoms with van der Waals surface area (Å²) >= 11 is 0. The lowest BCUT2D eigenvalue weighted by Crippen LogP contribution is -2.51. The van der Waals surface area contributed by atoms with Crippen molar-refractivity contribution in [3.8, 4) is 6.07 Å². The zero-order valence-corrected chi connectivity index (χ0v) is 15.9. The van der Waals surface area contributed by atoms with E-state index in [1.165, 1.54) is 0 Å². The standard InChI is InChI=1S/C16H30N2O3Si/c1-13(2,3)22(6,7)21-10-12-16(20)14(4,5)15(16,19)11-18(12)9-8-17/h12,19-20H,9-11H2,1-7H3/t12-,15-,16+/m1/s1. The van der Waals surface area contributed by atoms with Crippen LogP contribution in [0, 0.1) is 16.7 Å². The first-order chi connectivity index (χ1) is 9.76. The number of nitriles is 1. The molecule has 1 saturated heterocycles. The third-order valence-electron chi connectivity index (χ3n) is 6.59. The molecule has 22 heavy (non-hydrogen) atoms. The largest absolute Gasteiger partial charge is 0.415 e. The van der Waals surface area contributed by atoms with Crippen LogP contribution < -0.4 is 0 Å². The summed E-state index contributed by atoms with van der Waals surface area (Å²) in [4.78, 5) is 1.86. The molecule has 0 aromatic heterocycles. The Bertz CT molecular complexity index is 509. The van der Waals surface area contributed by atoms with Crippen molar-refractivity contribution in [2.24, 2.45) is 5.41 Å². The number of piperidine rings is 1. The molecular formula is C16H30N2O3Si. The van der Waals surface area contributed by atoms with Gasteiger partial charge >= 0.3 is 0 Å². The van der Waals surface area contributed by atoms with Crippen LogP contribution in [0.5, 0.6) is 0 Å². The van der Waals surface area contributed by atoms with E-state index in [0.29, 0.717) is 13.2 Å². The number of rotatable bonds is 4. The van der Waals surface area contributed by atoms with E-state index in [1.54, 1.807) is 0 Å². The maximum atomic E-state index is 11.0. The lowest BCUT2D eigenvalue weighted by molar-refractivity contribution is 0.00499. The van der Waals surface area contributed by atoms with Gasteiger partial charge in [0.05, 0.1) is 25.3 Å². The number of hydrogen-bond acceptors (Lipinski definition) is 5. The van der Waals surface area contributed by atoms with Gasteiger partial charge in [-0.15, -0.1) is 0 Å². The van der Waals surface area contributed by atoms with E-state index >= 15 is 0 Å². The zero-order chi connectivity index (χ0) is 17.2. The van der Waals surface area contributed by atoms with Crippen molar-refractivity contribution in [1.82, 2.24) is 4.90 Å². The summed E-state index contributed by atoms with van der Waals surface area (Å²) in [6, 6.07) is 1.80. The van der Waals surface area contributed by atoms with E-state index < -0.39 is 24.9 Å². The normalized spacial score (nSPS) is 37.7. The minimum atomic E-state index is -1.94. The van der Waals surface area contributed by atoms with Crippen molar-refractivity contribution in [1.29, 1.82) is 5.26 Å². The Hall–Kier alpha value is -0.453. The molecule has 0 unspecified atom stereocenters. The molecule has 1 aliphatic carbocycles. The first kappa shape index (κ1) is 17.9. The SMILES string of the molecule is CC1(C)[C@]2(O)CN(CC#N)[C@H](CO[Si](C)(C)C(C)(C)C)[C@]12O. The number of aliphatic hydroxyl groups is 2. The highest BCUT2D eigenvalue weighted by Crippen LogP contribution is 2.70. The van der Waals surface area contributed by atoms with Crippen molar-refractivity contribution < 1.29 is 14.6 Å². The van der Waals surface area contributed by atoms with Gasteiger partial charge in [-0.2, -0.15) is 5.26 Å². The number of hydrogen-bond donors (Lipinski definition) is 2. The van der Waals surface area contributed by atoms with Crippen LogP contribution in [0.4, 0.5) is 0 Å². The topological polar surface area (TPSA) is 76.7 Å². The predicted octanol–water partition coefficient (Wildman–Crippen LogP) is 1.72. The number of nitrogens with zero attached hydrogens (tertiary/aromatic N) is 2. The molecule has 0 amide bonds. The van der Waals surface area contributed by atoms with Crippen LogP contribution >= 0.6 is 0 Å². The fraction of sp³-hybridized carbons (Fsp3) is 0.938. The number of fused-ring (bicyclic) bond motifs is 1. The van der Waals surface area contributed by atoms with Crippen LogP contribution in [0.25, 0.3) is 0 Å². The van der Waals surface area contributed by atoms with Crippen molar-refractivity contribution in [3.63, 3.8) is 0 Å². The van der Waals surface area contributed by atoms with Crippen LogP contribution in [0.15, 0.2) is 0 Å². The Balaban J connectivity index is 2.19. The summed E-state index contributed by atoms with van der Waals surface area (Å²) in [5.41, 5.74) is -2.90. The van der Waals surface area contributed by atoms with E-state index in [9.17, 15) is 10.2 Å². The molecule has 0 bridgehead atoms. The highest BCUT2D eigenvalue weighted by Gasteiger charge is 2.89. The molecule has 1 saturated carbocycles. The van der Waals surface area contributed by atoms with Gasteiger partial charge in [0, 0.05) is 12.0 Å². The van der Waals surface area contributed by atoms with Crippen LogP contribution in [0.1, 0.15) is 34.6 Å². The van der Waals surface area contributed by atoms with Gasteiger partial charge in [-0.05, 0) is 18.1 Å². The second-order valence-corrected chi connectivity index (χ2v) is 13.7. The Morgan fingerprint density at radius 1 is 1.32 bits per heavy atom. The summed E-state index contributed by atoms with van der Waals surface area (Å²) in [6.45, 7) is 15.5. The summed E-state index contributed by atoms with van der Waals surface area (Å²) in [6.07, 6.45) is 0. The van der Waals surface area contributed by atoms with Crippen molar-refractivity contribution in [2.75, 3.05) is 19.7 Å². The molecule has 0 radical (unpaired) electrons. The third kappa shape index (κ3) is 2.03. The molecular weight excluding hydrogens is 296 g/mol. The molecule has 6 heteroatoms. The maximum absolute atomic E-state index is 11.0. The molecule has 2 fully saturated rings. The molecule has 0 aromatic rings. The molecule has 2 aliphatic rings. The molecule has 0 aromatic carbocycles. The van der Waals surface area contributed by atoms with E-state index in [4.69, 9.17) is 9.69 Å². The van der Waals surface area contributed by atoms with Crippen LogP contribution in [-0.4, -0.2) is 60.4 Å². The molecule has 1 aliphatic heterocycles.